The van der Waals surface area contributed by atoms with E-state index in [0.29, 0.717) is 5.82 Å². The highest BCUT2D eigenvalue weighted by molar-refractivity contribution is 5.95. The molecular weight excluding hydrogens is 368 g/mol. The number of nitrogens with zero attached hydrogens (tertiary/aromatic N) is 2. The average Bonchev–Trinajstić information content (AvgIpc) is 3.12. The van der Waals surface area contributed by atoms with Crippen LogP contribution >= 0.6 is 0 Å². The number of aryl methyl sites for hydroxylation is 1. The smallest absolute Gasteiger partial charge is 0.387 e. The zero-order valence-corrected chi connectivity index (χ0v) is 15.3. The lowest BCUT2D eigenvalue weighted by Crippen LogP contribution is -2.31. The predicted molar refractivity (Wildman–Crippen MR) is 98.6 cm³/mol. The third kappa shape index (κ3) is 4.28. The molecule has 146 valence electrons. The van der Waals surface area contributed by atoms with Crippen LogP contribution < -0.4 is 14.8 Å². The summed E-state index contributed by atoms with van der Waals surface area (Å²) in [6.07, 6.45) is 3.44. The maximum Gasteiger partial charge on any atom is 0.387 e. The van der Waals surface area contributed by atoms with Gasteiger partial charge in [0.1, 0.15) is 11.9 Å². The van der Waals surface area contributed by atoms with Crippen LogP contribution in [0, 0.1) is 0 Å². The Bertz CT molecular complexity index is 945. The second kappa shape index (κ2) is 8.51. The molecule has 0 spiro atoms. The Morgan fingerprint density at radius 1 is 1.14 bits per heavy atom. The van der Waals surface area contributed by atoms with Gasteiger partial charge >= 0.3 is 6.61 Å². The van der Waals surface area contributed by atoms with Crippen molar-refractivity contribution in [1.82, 2.24) is 14.9 Å². The van der Waals surface area contributed by atoms with Gasteiger partial charge in [-0.2, -0.15) is 8.78 Å². The van der Waals surface area contributed by atoms with Crippen LogP contribution in [0.15, 0.2) is 60.9 Å². The molecule has 2 aromatic carbocycles. The zero-order chi connectivity index (χ0) is 20.1. The highest BCUT2D eigenvalue weighted by Gasteiger charge is 2.22. The summed E-state index contributed by atoms with van der Waals surface area (Å²) in [5.74, 6) is 0.155. The minimum absolute atomic E-state index is 0.0428. The third-order valence-corrected chi connectivity index (χ3v) is 4.17. The molecule has 0 aliphatic carbocycles. The molecule has 1 heterocycles. The number of amides is 1. The zero-order valence-electron chi connectivity index (χ0n) is 15.3. The van der Waals surface area contributed by atoms with Crippen LogP contribution in [0.2, 0.25) is 0 Å². The largest absolute Gasteiger partial charge is 0.493 e. The Hall–Kier alpha value is -3.42. The molecule has 1 aromatic heterocycles. The van der Waals surface area contributed by atoms with Gasteiger partial charge in [-0.1, -0.05) is 30.3 Å². The molecule has 0 fully saturated rings. The van der Waals surface area contributed by atoms with Crippen molar-refractivity contribution in [2.45, 2.75) is 12.7 Å². The number of aromatic nitrogens is 2. The fraction of sp³-hybridized carbons (Fsp3) is 0.200. The number of ether oxygens (including phenoxy) is 2. The van der Waals surface area contributed by atoms with Gasteiger partial charge in [-0.3, -0.25) is 4.79 Å². The summed E-state index contributed by atoms with van der Waals surface area (Å²) >= 11 is 0. The SMILES string of the molecule is COc1cc(C(=O)NC(c2ccccc2)c2nccn2C)ccc1OC(F)F. The number of hydrogen-bond acceptors (Lipinski definition) is 4. The second-order valence-corrected chi connectivity index (χ2v) is 5.96. The van der Waals surface area contributed by atoms with E-state index in [9.17, 15) is 13.6 Å². The summed E-state index contributed by atoms with van der Waals surface area (Å²) in [7, 11) is 3.15. The molecule has 0 radical (unpaired) electrons. The first-order chi connectivity index (χ1) is 13.5. The quantitative estimate of drug-likeness (QED) is 0.673. The molecule has 0 aliphatic rings. The second-order valence-electron chi connectivity index (χ2n) is 5.96. The Labute approximate surface area is 160 Å². The van der Waals surface area contributed by atoms with E-state index in [2.05, 4.69) is 15.0 Å². The lowest BCUT2D eigenvalue weighted by molar-refractivity contribution is -0.0512. The van der Waals surface area contributed by atoms with Crippen molar-refractivity contribution in [3.05, 3.63) is 77.9 Å². The number of carbonyl (C=O) groups is 1. The molecule has 0 saturated heterocycles. The van der Waals surface area contributed by atoms with Gasteiger partial charge in [-0.05, 0) is 23.8 Å². The van der Waals surface area contributed by atoms with Crippen LogP contribution in [0.4, 0.5) is 8.78 Å². The van der Waals surface area contributed by atoms with Crippen molar-refractivity contribution in [1.29, 1.82) is 0 Å². The minimum Gasteiger partial charge on any atom is -0.493 e. The van der Waals surface area contributed by atoms with Crippen molar-refractivity contribution in [2.24, 2.45) is 7.05 Å². The minimum atomic E-state index is -2.99. The van der Waals surface area contributed by atoms with Crippen molar-refractivity contribution in [2.75, 3.05) is 7.11 Å². The van der Waals surface area contributed by atoms with Crippen LogP contribution in [0.5, 0.6) is 11.5 Å². The highest BCUT2D eigenvalue weighted by atomic mass is 19.3. The van der Waals surface area contributed by atoms with Crippen molar-refractivity contribution >= 4 is 5.91 Å². The van der Waals surface area contributed by atoms with E-state index in [1.807, 2.05) is 41.9 Å². The van der Waals surface area contributed by atoms with Gasteiger partial charge in [0, 0.05) is 25.0 Å². The Morgan fingerprint density at radius 2 is 1.89 bits per heavy atom. The highest BCUT2D eigenvalue weighted by Crippen LogP contribution is 2.30. The van der Waals surface area contributed by atoms with E-state index >= 15 is 0 Å². The monoisotopic (exact) mass is 387 g/mol. The maximum absolute atomic E-state index is 12.8. The normalized spacial score (nSPS) is 11.9. The van der Waals surface area contributed by atoms with Gasteiger partial charge in [0.2, 0.25) is 0 Å². The molecule has 0 bridgehead atoms. The Morgan fingerprint density at radius 3 is 2.50 bits per heavy atom. The van der Waals surface area contributed by atoms with Crippen LogP contribution in [-0.2, 0) is 7.05 Å². The number of benzene rings is 2. The maximum atomic E-state index is 12.8. The first kappa shape index (κ1) is 19.3. The number of carbonyl (C=O) groups excluding carboxylic acids is 1. The molecule has 1 atom stereocenters. The van der Waals surface area contributed by atoms with Gasteiger partial charge < -0.3 is 19.4 Å². The van der Waals surface area contributed by atoms with E-state index < -0.39 is 18.6 Å². The lowest BCUT2D eigenvalue weighted by atomic mass is 10.1. The summed E-state index contributed by atoms with van der Waals surface area (Å²) in [6, 6.07) is 12.9. The van der Waals surface area contributed by atoms with E-state index in [0.717, 1.165) is 5.56 Å². The topological polar surface area (TPSA) is 65.4 Å². The number of methoxy groups -OCH3 is 1. The van der Waals surface area contributed by atoms with E-state index in [1.165, 1.54) is 25.3 Å². The van der Waals surface area contributed by atoms with Gasteiger partial charge in [-0.15, -0.1) is 0 Å². The average molecular weight is 387 g/mol. The summed E-state index contributed by atoms with van der Waals surface area (Å²) in [5.41, 5.74) is 1.10. The van der Waals surface area contributed by atoms with Crippen molar-refractivity contribution in [3.8, 4) is 11.5 Å². The molecular formula is C20H19F2N3O3. The number of nitrogens with one attached hydrogen (secondary N) is 1. The van der Waals surface area contributed by atoms with Crippen LogP contribution in [0.25, 0.3) is 0 Å². The van der Waals surface area contributed by atoms with Gasteiger partial charge in [0.25, 0.3) is 5.91 Å². The van der Waals surface area contributed by atoms with E-state index in [-0.39, 0.29) is 17.1 Å². The Kier molecular flexibility index (Phi) is 5.88. The number of halogens is 2. The number of alkyl halides is 2. The van der Waals surface area contributed by atoms with Gasteiger partial charge in [-0.25, -0.2) is 4.98 Å². The molecule has 28 heavy (non-hydrogen) atoms. The molecule has 1 unspecified atom stereocenters. The summed E-state index contributed by atoms with van der Waals surface area (Å²) in [5, 5.41) is 2.94. The molecule has 0 aliphatic heterocycles. The summed E-state index contributed by atoms with van der Waals surface area (Å²) < 4.78 is 36.2. The van der Waals surface area contributed by atoms with E-state index in [4.69, 9.17) is 4.74 Å². The lowest BCUT2D eigenvalue weighted by Gasteiger charge is -2.19. The molecule has 3 rings (SSSR count). The molecule has 1 amide bonds. The van der Waals surface area contributed by atoms with Crippen LogP contribution in [0.1, 0.15) is 27.8 Å². The molecule has 8 heteroatoms. The Balaban J connectivity index is 1.89. The third-order valence-electron chi connectivity index (χ3n) is 4.17. The van der Waals surface area contributed by atoms with Crippen LogP contribution in [-0.4, -0.2) is 29.2 Å². The summed E-state index contributed by atoms with van der Waals surface area (Å²) in [4.78, 5) is 17.2. The molecule has 0 saturated carbocycles. The fourth-order valence-corrected chi connectivity index (χ4v) is 2.81. The van der Waals surface area contributed by atoms with Crippen molar-refractivity contribution in [3.63, 3.8) is 0 Å². The first-order valence-electron chi connectivity index (χ1n) is 8.45. The number of imidazole rings is 1. The predicted octanol–water partition coefficient (Wildman–Crippen LogP) is 3.55. The molecule has 3 aromatic rings. The van der Waals surface area contributed by atoms with Gasteiger partial charge in [0.05, 0.1) is 7.11 Å². The van der Waals surface area contributed by atoms with Crippen LogP contribution in [0.3, 0.4) is 0 Å². The first-order valence-corrected chi connectivity index (χ1v) is 8.45. The summed E-state index contributed by atoms with van der Waals surface area (Å²) in [6.45, 7) is -2.99. The van der Waals surface area contributed by atoms with E-state index in [1.54, 1.807) is 12.4 Å². The molecule has 1 N–H and O–H groups in total. The standard InChI is InChI=1S/C20H19F2N3O3/c1-25-11-10-23-18(25)17(13-6-4-3-5-7-13)24-19(26)14-8-9-15(28-20(21)22)16(12-14)27-2/h3-12,17,20H,1-2H3,(H,24,26). The van der Waals surface area contributed by atoms with Gasteiger partial charge in [0.15, 0.2) is 11.5 Å². The van der Waals surface area contributed by atoms with Crippen molar-refractivity contribution < 1.29 is 23.0 Å². The fourth-order valence-electron chi connectivity index (χ4n) is 2.81. The number of hydrogen-bond donors (Lipinski definition) is 1. The molecule has 6 nitrogen and oxygen atoms in total. The number of rotatable bonds is 7.